The Bertz CT molecular complexity index is 882. The molecule has 2 aliphatic rings. The summed E-state index contributed by atoms with van der Waals surface area (Å²) in [6.07, 6.45) is 3.57. The van der Waals surface area contributed by atoms with Crippen molar-refractivity contribution in [2.24, 2.45) is 17.6 Å². The van der Waals surface area contributed by atoms with Crippen molar-refractivity contribution >= 4 is 22.5 Å². The van der Waals surface area contributed by atoms with Crippen molar-refractivity contribution in [1.82, 2.24) is 4.98 Å². The first-order chi connectivity index (χ1) is 13.1. The number of primary amides is 1. The van der Waals surface area contributed by atoms with Crippen LogP contribution in [0.3, 0.4) is 0 Å². The molecule has 7 heteroatoms. The van der Waals surface area contributed by atoms with Crippen LogP contribution in [0.25, 0.3) is 10.8 Å². The molecule has 1 aromatic heterocycles. The van der Waals surface area contributed by atoms with Crippen molar-refractivity contribution < 1.29 is 23.8 Å². The van der Waals surface area contributed by atoms with Gasteiger partial charge in [0.2, 0.25) is 5.88 Å². The van der Waals surface area contributed by atoms with Gasteiger partial charge in [-0.1, -0.05) is 0 Å². The monoisotopic (exact) mass is 370 g/mol. The van der Waals surface area contributed by atoms with Crippen molar-refractivity contribution in [3.63, 3.8) is 0 Å². The molecule has 2 bridgehead atoms. The topological polar surface area (TPSA) is 101 Å². The van der Waals surface area contributed by atoms with Gasteiger partial charge in [-0.3, -0.25) is 9.59 Å². The molecule has 2 atom stereocenters. The number of ether oxygens (including phenoxy) is 3. The lowest BCUT2D eigenvalue weighted by atomic mass is 9.94. The van der Waals surface area contributed by atoms with E-state index in [-0.39, 0.29) is 17.6 Å². The van der Waals surface area contributed by atoms with Crippen LogP contribution >= 0.6 is 0 Å². The first-order valence-electron chi connectivity index (χ1n) is 9.19. The fourth-order valence-corrected chi connectivity index (χ4v) is 3.87. The van der Waals surface area contributed by atoms with Gasteiger partial charge in [0, 0.05) is 36.9 Å². The molecule has 1 aliphatic carbocycles. The van der Waals surface area contributed by atoms with Crippen LogP contribution in [0.2, 0.25) is 0 Å². The summed E-state index contributed by atoms with van der Waals surface area (Å²) in [4.78, 5) is 28.1. The number of benzene rings is 1. The fourth-order valence-electron chi connectivity index (χ4n) is 3.87. The van der Waals surface area contributed by atoms with Crippen LogP contribution in [0.1, 0.15) is 29.6 Å². The van der Waals surface area contributed by atoms with Crippen molar-refractivity contribution in [3.8, 4) is 11.6 Å². The van der Waals surface area contributed by atoms with Crippen molar-refractivity contribution in [2.45, 2.75) is 19.3 Å². The summed E-state index contributed by atoms with van der Waals surface area (Å²) in [5.74, 6) is 1.03. The van der Waals surface area contributed by atoms with E-state index in [0.29, 0.717) is 56.5 Å². The summed E-state index contributed by atoms with van der Waals surface area (Å²) in [7, 11) is 0. The number of amides is 1. The second kappa shape index (κ2) is 7.52. The summed E-state index contributed by atoms with van der Waals surface area (Å²) in [5.41, 5.74) is 5.82. The Balaban J connectivity index is 1.71. The van der Waals surface area contributed by atoms with Gasteiger partial charge in [0.25, 0.3) is 5.91 Å². The lowest BCUT2D eigenvalue weighted by Crippen LogP contribution is -2.20. The van der Waals surface area contributed by atoms with Crippen LogP contribution in [-0.2, 0) is 9.53 Å². The maximum atomic E-state index is 11.9. The summed E-state index contributed by atoms with van der Waals surface area (Å²) in [6, 6.07) is 5.23. The lowest BCUT2D eigenvalue weighted by molar-refractivity contribution is -0.117. The Hall–Kier alpha value is -2.67. The van der Waals surface area contributed by atoms with Gasteiger partial charge in [0.1, 0.15) is 18.1 Å². The SMILES string of the molecule is NC(=O)c1cc2ccnc3c2cc1OCCOCCC1CC(=O)CC1CO3. The van der Waals surface area contributed by atoms with Gasteiger partial charge in [-0.15, -0.1) is 0 Å². The standard InChI is InChI=1S/C20H22N2O5/c21-19(24)17-9-13-1-3-22-20-16(13)10-18(17)26-6-5-25-4-2-12-7-15(23)8-14(12)11-27-20/h1,3,9-10,12,14H,2,4-8,11H2,(H2,21,24). The minimum absolute atomic E-state index is 0.168. The number of rotatable bonds is 1. The molecule has 2 N–H and O–H groups in total. The highest BCUT2D eigenvalue weighted by Crippen LogP contribution is 2.35. The Morgan fingerprint density at radius 1 is 1.11 bits per heavy atom. The second-order valence-corrected chi connectivity index (χ2v) is 7.08. The third kappa shape index (κ3) is 3.73. The van der Waals surface area contributed by atoms with Crippen molar-refractivity contribution in [1.29, 1.82) is 0 Å². The Kier molecular flexibility index (Phi) is 4.94. The number of fused-ring (bicyclic) bond motifs is 2. The van der Waals surface area contributed by atoms with Crippen LogP contribution in [-0.4, -0.2) is 43.1 Å². The molecule has 1 fully saturated rings. The predicted molar refractivity (Wildman–Crippen MR) is 97.9 cm³/mol. The number of aromatic nitrogens is 1. The molecule has 0 saturated heterocycles. The number of pyridine rings is 1. The zero-order valence-electron chi connectivity index (χ0n) is 15.0. The smallest absolute Gasteiger partial charge is 0.252 e. The number of nitrogens with two attached hydrogens (primary N) is 1. The number of Topliss-reactive ketones (excluding diaryl/α,β-unsaturated/α-hetero) is 1. The average molecular weight is 370 g/mol. The van der Waals surface area contributed by atoms with Gasteiger partial charge in [-0.05, 0) is 35.9 Å². The van der Waals surface area contributed by atoms with E-state index in [1.807, 2.05) is 0 Å². The minimum Gasteiger partial charge on any atom is -0.490 e. The molecule has 1 aliphatic heterocycles. The quantitative estimate of drug-likeness (QED) is 0.825. The number of hydrogen-bond acceptors (Lipinski definition) is 6. The van der Waals surface area contributed by atoms with Crippen LogP contribution in [0.4, 0.5) is 0 Å². The van der Waals surface area contributed by atoms with E-state index in [1.165, 1.54) is 0 Å². The number of hydrogen-bond donors (Lipinski definition) is 1. The highest BCUT2D eigenvalue weighted by Gasteiger charge is 2.33. The molecule has 0 spiro atoms. The number of carbonyl (C=O) groups is 2. The summed E-state index contributed by atoms with van der Waals surface area (Å²) < 4.78 is 17.4. The molecule has 7 nitrogen and oxygen atoms in total. The maximum absolute atomic E-state index is 11.9. The summed E-state index contributed by atoms with van der Waals surface area (Å²) >= 11 is 0. The second-order valence-electron chi connectivity index (χ2n) is 7.08. The number of nitrogens with zero attached hydrogens (tertiary/aromatic N) is 1. The summed E-state index contributed by atoms with van der Waals surface area (Å²) in [6.45, 7) is 1.69. The van der Waals surface area contributed by atoms with Gasteiger partial charge in [-0.2, -0.15) is 0 Å². The normalized spacial score (nSPS) is 23.3. The molecule has 2 heterocycles. The highest BCUT2D eigenvalue weighted by atomic mass is 16.5. The van der Waals surface area contributed by atoms with Gasteiger partial charge in [0.05, 0.1) is 18.8 Å². The zero-order chi connectivity index (χ0) is 18.8. The first kappa shape index (κ1) is 17.7. The maximum Gasteiger partial charge on any atom is 0.252 e. The third-order valence-electron chi connectivity index (χ3n) is 5.29. The van der Waals surface area contributed by atoms with Crippen LogP contribution in [0.5, 0.6) is 11.6 Å². The Morgan fingerprint density at radius 2 is 1.96 bits per heavy atom. The molecular formula is C20H22N2O5. The molecule has 142 valence electrons. The molecule has 2 unspecified atom stereocenters. The van der Waals surface area contributed by atoms with E-state index >= 15 is 0 Å². The first-order valence-corrected chi connectivity index (χ1v) is 9.19. The van der Waals surface area contributed by atoms with E-state index in [2.05, 4.69) is 4.98 Å². The molecule has 4 rings (SSSR count). The van der Waals surface area contributed by atoms with E-state index in [4.69, 9.17) is 19.9 Å². The molecule has 2 aromatic rings. The van der Waals surface area contributed by atoms with Crippen molar-refractivity contribution in [2.75, 3.05) is 26.4 Å². The Morgan fingerprint density at radius 3 is 2.81 bits per heavy atom. The Labute approximate surface area is 156 Å². The molecule has 27 heavy (non-hydrogen) atoms. The van der Waals surface area contributed by atoms with E-state index in [9.17, 15) is 9.59 Å². The van der Waals surface area contributed by atoms with E-state index in [1.54, 1.807) is 24.4 Å². The fraction of sp³-hybridized carbons (Fsp3) is 0.450. The van der Waals surface area contributed by atoms with E-state index < -0.39 is 5.91 Å². The molecule has 0 radical (unpaired) electrons. The molecular weight excluding hydrogens is 348 g/mol. The molecule has 1 aromatic carbocycles. The minimum atomic E-state index is -0.555. The van der Waals surface area contributed by atoms with Gasteiger partial charge in [0.15, 0.2) is 0 Å². The molecule has 1 saturated carbocycles. The highest BCUT2D eigenvalue weighted by molar-refractivity contribution is 6.01. The number of ketones is 1. The van der Waals surface area contributed by atoms with Gasteiger partial charge in [-0.25, -0.2) is 4.98 Å². The third-order valence-corrected chi connectivity index (χ3v) is 5.29. The van der Waals surface area contributed by atoms with Crippen LogP contribution in [0, 0.1) is 11.8 Å². The zero-order valence-corrected chi connectivity index (χ0v) is 15.0. The van der Waals surface area contributed by atoms with Gasteiger partial charge >= 0.3 is 0 Å². The van der Waals surface area contributed by atoms with Gasteiger partial charge < -0.3 is 19.9 Å². The average Bonchev–Trinajstić information content (AvgIpc) is 3.01. The largest absolute Gasteiger partial charge is 0.490 e. The van der Waals surface area contributed by atoms with Crippen LogP contribution in [0.15, 0.2) is 24.4 Å². The number of carbonyl (C=O) groups excluding carboxylic acids is 2. The lowest BCUT2D eigenvalue weighted by Gasteiger charge is -2.20. The predicted octanol–water partition coefficient (Wildman–Crippen LogP) is 2.11. The summed E-state index contributed by atoms with van der Waals surface area (Å²) in [5, 5.41) is 1.54. The van der Waals surface area contributed by atoms with Crippen molar-refractivity contribution in [3.05, 3.63) is 30.0 Å². The van der Waals surface area contributed by atoms with E-state index in [0.717, 1.165) is 17.2 Å². The van der Waals surface area contributed by atoms with Crippen LogP contribution < -0.4 is 15.2 Å². The molecule has 1 amide bonds.